The maximum absolute atomic E-state index is 3.84. The van der Waals surface area contributed by atoms with Gasteiger partial charge in [-0.25, -0.2) is 0 Å². The fraction of sp³-hybridized carbons (Fsp3) is 0.273. The van der Waals surface area contributed by atoms with Crippen molar-refractivity contribution in [2.45, 2.75) is 12.8 Å². The largest absolute Gasteiger partial charge is 0.384 e. The highest BCUT2D eigenvalue weighted by atomic mass is 15.4. The number of nitrogens with zero attached hydrogens (tertiary/aromatic N) is 2. The van der Waals surface area contributed by atoms with Gasteiger partial charge in [-0.2, -0.15) is 0 Å². The van der Waals surface area contributed by atoms with E-state index in [0.29, 0.717) is 0 Å². The summed E-state index contributed by atoms with van der Waals surface area (Å²) in [6.45, 7) is 1.05. The minimum atomic E-state index is 1.01. The second-order valence-corrected chi connectivity index (χ2v) is 3.73. The lowest BCUT2D eigenvalue weighted by Gasteiger charge is -2.21. The fourth-order valence-electron chi connectivity index (χ4n) is 2.07. The highest BCUT2D eigenvalue weighted by molar-refractivity contribution is 5.81. The van der Waals surface area contributed by atoms with Crippen LogP contribution in [0.2, 0.25) is 0 Å². The third-order valence-corrected chi connectivity index (χ3v) is 2.79. The Kier molecular flexibility index (Phi) is 1.91. The monoisotopic (exact) mass is 200 g/mol. The first-order chi connectivity index (χ1) is 7.45. The van der Waals surface area contributed by atoms with Crippen LogP contribution in [0.5, 0.6) is 0 Å². The predicted molar refractivity (Wildman–Crippen MR) is 60.8 cm³/mol. The van der Waals surface area contributed by atoms with E-state index in [1.165, 1.54) is 17.7 Å². The molecule has 0 radical (unpaired) electrons. The Bertz CT molecular complexity index is 448. The average molecular weight is 200 g/mol. The summed E-state index contributed by atoms with van der Waals surface area (Å²) in [6, 6.07) is 4.22. The number of aryl methyl sites for hydroxylation is 1. The highest BCUT2D eigenvalue weighted by Gasteiger charge is 2.14. The smallest absolute Gasteiger partial charge is 0.0672 e. The maximum Gasteiger partial charge on any atom is 0.0672 e. The van der Waals surface area contributed by atoms with E-state index in [-0.39, 0.29) is 0 Å². The van der Waals surface area contributed by atoms with Gasteiger partial charge in [-0.05, 0) is 30.5 Å². The summed E-state index contributed by atoms with van der Waals surface area (Å²) < 4.78 is 0. The maximum atomic E-state index is 3.84. The molecule has 0 fully saturated rings. The second kappa shape index (κ2) is 3.38. The van der Waals surface area contributed by atoms with E-state index in [1.807, 2.05) is 6.08 Å². The zero-order chi connectivity index (χ0) is 10.1. The van der Waals surface area contributed by atoms with E-state index >= 15 is 0 Å². The van der Waals surface area contributed by atoms with Crippen molar-refractivity contribution < 1.29 is 0 Å². The third kappa shape index (κ3) is 1.38. The molecule has 4 heteroatoms. The van der Waals surface area contributed by atoms with Crippen LogP contribution < -0.4 is 10.7 Å². The topological polar surface area (TPSA) is 48.8 Å². The molecular weight excluding hydrogens is 188 g/mol. The molecule has 2 heterocycles. The third-order valence-electron chi connectivity index (χ3n) is 2.79. The zero-order valence-electron chi connectivity index (χ0n) is 8.33. The van der Waals surface area contributed by atoms with E-state index in [2.05, 4.69) is 33.2 Å². The zero-order valence-corrected chi connectivity index (χ0v) is 8.33. The van der Waals surface area contributed by atoms with E-state index < -0.39 is 0 Å². The summed E-state index contributed by atoms with van der Waals surface area (Å²) in [5.41, 5.74) is 7.72. The number of benzene rings is 1. The molecule has 2 N–H and O–H groups in total. The molecule has 0 aromatic heterocycles. The van der Waals surface area contributed by atoms with Crippen LogP contribution >= 0.6 is 0 Å². The van der Waals surface area contributed by atoms with Gasteiger partial charge in [0.1, 0.15) is 0 Å². The molecule has 76 valence electrons. The molecule has 2 aliphatic rings. The van der Waals surface area contributed by atoms with Gasteiger partial charge in [-0.15, -0.1) is 5.11 Å². The van der Waals surface area contributed by atoms with Gasteiger partial charge < -0.3 is 5.32 Å². The van der Waals surface area contributed by atoms with Crippen molar-refractivity contribution in [2.75, 3.05) is 17.3 Å². The van der Waals surface area contributed by atoms with Gasteiger partial charge >= 0.3 is 0 Å². The van der Waals surface area contributed by atoms with Crippen LogP contribution in [-0.4, -0.2) is 6.54 Å². The first kappa shape index (κ1) is 8.47. The van der Waals surface area contributed by atoms with Gasteiger partial charge in [-0.1, -0.05) is 11.3 Å². The number of fused-ring (bicyclic) bond motifs is 3. The Morgan fingerprint density at radius 2 is 2.27 bits per heavy atom. The van der Waals surface area contributed by atoms with E-state index in [9.17, 15) is 0 Å². The molecule has 0 saturated heterocycles. The lowest BCUT2D eigenvalue weighted by Crippen LogP contribution is -2.13. The number of nitrogens with one attached hydrogen (secondary N) is 2. The van der Waals surface area contributed by atoms with Crippen LogP contribution in [0.1, 0.15) is 17.5 Å². The first-order valence-electron chi connectivity index (χ1n) is 5.17. The number of hydrogen-bond acceptors (Lipinski definition) is 4. The molecule has 0 atom stereocenters. The van der Waals surface area contributed by atoms with Gasteiger partial charge in [0.15, 0.2) is 0 Å². The molecule has 0 amide bonds. The van der Waals surface area contributed by atoms with Crippen molar-refractivity contribution in [1.29, 1.82) is 0 Å². The normalized spacial score (nSPS) is 17.1. The van der Waals surface area contributed by atoms with Crippen LogP contribution in [0, 0.1) is 0 Å². The summed E-state index contributed by atoms with van der Waals surface area (Å²) in [5.74, 6) is 0. The lowest BCUT2D eigenvalue weighted by atomic mass is 9.98. The fourth-order valence-corrected chi connectivity index (χ4v) is 2.07. The minimum Gasteiger partial charge on any atom is -0.384 e. The SMILES string of the molecule is C1=Cc2c(ccc3c2NCCC3)NN=N1. The van der Waals surface area contributed by atoms with Gasteiger partial charge in [-0.3, -0.25) is 5.43 Å². The van der Waals surface area contributed by atoms with Crippen molar-refractivity contribution in [2.24, 2.45) is 10.3 Å². The number of rotatable bonds is 0. The van der Waals surface area contributed by atoms with Crippen LogP contribution in [0.3, 0.4) is 0 Å². The number of hydrogen-bond donors (Lipinski definition) is 2. The molecule has 0 spiro atoms. The average Bonchev–Trinajstić information content (AvgIpc) is 2.54. The minimum absolute atomic E-state index is 1.01. The molecular formula is C11H12N4. The molecule has 0 unspecified atom stereocenters. The second-order valence-electron chi connectivity index (χ2n) is 3.73. The van der Waals surface area contributed by atoms with Crippen LogP contribution in [0.4, 0.5) is 11.4 Å². The predicted octanol–water partition coefficient (Wildman–Crippen LogP) is 2.81. The molecule has 15 heavy (non-hydrogen) atoms. The summed E-state index contributed by atoms with van der Waals surface area (Å²) in [6.07, 6.45) is 6.07. The Hall–Kier alpha value is -1.84. The van der Waals surface area contributed by atoms with Gasteiger partial charge in [0.2, 0.25) is 0 Å². The van der Waals surface area contributed by atoms with E-state index in [0.717, 1.165) is 24.2 Å². The molecule has 1 aromatic carbocycles. The summed E-state index contributed by atoms with van der Waals surface area (Å²) in [4.78, 5) is 0. The Morgan fingerprint density at radius 3 is 3.27 bits per heavy atom. The molecule has 0 saturated carbocycles. The van der Waals surface area contributed by atoms with E-state index in [1.54, 1.807) is 6.20 Å². The molecule has 0 bridgehead atoms. The summed E-state index contributed by atoms with van der Waals surface area (Å²) in [5, 5.41) is 11.1. The van der Waals surface area contributed by atoms with Crippen molar-refractivity contribution in [3.8, 4) is 0 Å². The summed E-state index contributed by atoms with van der Waals surface area (Å²) in [7, 11) is 0. The van der Waals surface area contributed by atoms with Gasteiger partial charge in [0.05, 0.1) is 11.9 Å². The van der Waals surface area contributed by atoms with Crippen LogP contribution in [0.15, 0.2) is 28.7 Å². The molecule has 1 aromatic rings. The van der Waals surface area contributed by atoms with Crippen molar-refractivity contribution in [3.63, 3.8) is 0 Å². The Morgan fingerprint density at radius 1 is 1.27 bits per heavy atom. The molecule has 2 aliphatic heterocycles. The Balaban J connectivity index is 2.17. The van der Waals surface area contributed by atoms with Crippen LogP contribution in [0.25, 0.3) is 6.08 Å². The molecule has 3 rings (SSSR count). The van der Waals surface area contributed by atoms with Crippen LogP contribution in [-0.2, 0) is 6.42 Å². The summed E-state index contributed by atoms with van der Waals surface area (Å²) >= 11 is 0. The van der Waals surface area contributed by atoms with Crippen molar-refractivity contribution in [1.82, 2.24) is 0 Å². The van der Waals surface area contributed by atoms with Gasteiger partial charge in [0.25, 0.3) is 0 Å². The number of anilines is 2. The first-order valence-corrected chi connectivity index (χ1v) is 5.17. The molecule has 0 aliphatic carbocycles. The van der Waals surface area contributed by atoms with Crippen molar-refractivity contribution >= 4 is 17.5 Å². The quantitative estimate of drug-likeness (QED) is 0.676. The van der Waals surface area contributed by atoms with Crippen molar-refractivity contribution in [3.05, 3.63) is 29.5 Å². The Labute approximate surface area is 88.1 Å². The van der Waals surface area contributed by atoms with E-state index in [4.69, 9.17) is 0 Å². The highest BCUT2D eigenvalue weighted by Crippen LogP contribution is 2.33. The van der Waals surface area contributed by atoms with Gasteiger partial charge in [0, 0.05) is 17.8 Å². The molecule has 4 nitrogen and oxygen atoms in total. The standard InChI is InChI=1S/C11H12N4/c1-2-8-3-4-10-9(11(8)12-6-1)5-7-13-15-14-10/h3-5,7,12H,1-2,6H2,(H,13,14). The lowest BCUT2D eigenvalue weighted by molar-refractivity contribution is 0.830.